The largest absolute Gasteiger partial charge is 0.377 e. The molecule has 12 heteroatoms. The standard InChI is InChI=1S/C34H32F3N5O4/c35-24-6-7-25(36)29(37)27(24)21-14-26-34(45)42(17-21)8-2-1-3-9-46-10-4-5-18-11-22-28-23(33(44)41-31(22)39-15-18)13-19-12-20(32(43)40-26)16-38-30(19)28/h4-7,11-12,15-16,21,23,26,28H,1-3,8-10,13-14,17H2,(H,40,43)(H,39,41,44)/b5-4+/t21-,23+,26+,28?/m1/s1. The Bertz CT molecular complexity index is 1760. The minimum absolute atomic E-state index is 0.00791. The number of amides is 3. The number of benzene rings is 1. The quantitative estimate of drug-likeness (QED) is 0.383. The summed E-state index contributed by atoms with van der Waals surface area (Å²) in [5.41, 5.74) is 2.89. The number of fused-ring (bicyclic) bond motifs is 9. The van der Waals surface area contributed by atoms with Crippen LogP contribution in [0.4, 0.5) is 19.0 Å². The number of aromatic nitrogens is 2. The van der Waals surface area contributed by atoms with Gasteiger partial charge in [0.25, 0.3) is 5.91 Å². The number of piperidine rings is 1. The summed E-state index contributed by atoms with van der Waals surface area (Å²) in [5, 5.41) is 5.65. The Morgan fingerprint density at radius 1 is 0.978 bits per heavy atom. The maximum Gasteiger partial charge on any atom is 0.253 e. The van der Waals surface area contributed by atoms with E-state index in [-0.39, 0.29) is 36.3 Å². The number of anilines is 1. The molecular formula is C34H32F3N5O4. The van der Waals surface area contributed by atoms with Gasteiger partial charge in [0.1, 0.15) is 17.7 Å². The fourth-order valence-corrected chi connectivity index (χ4v) is 7.13. The number of pyridine rings is 2. The number of ether oxygens (including phenoxy) is 1. The molecule has 8 bridgehead atoms. The molecule has 1 unspecified atom stereocenters. The zero-order valence-corrected chi connectivity index (χ0v) is 24.9. The van der Waals surface area contributed by atoms with E-state index in [1.807, 2.05) is 18.2 Å². The Kier molecular flexibility index (Phi) is 8.06. The van der Waals surface area contributed by atoms with Gasteiger partial charge in [-0.2, -0.15) is 0 Å². The Morgan fingerprint density at radius 2 is 1.83 bits per heavy atom. The Hall–Kier alpha value is -4.58. The van der Waals surface area contributed by atoms with Gasteiger partial charge < -0.3 is 20.3 Å². The molecule has 6 heterocycles. The second-order valence-electron chi connectivity index (χ2n) is 12.3. The number of hydrogen-bond acceptors (Lipinski definition) is 6. The normalized spacial score (nSPS) is 25.5. The summed E-state index contributed by atoms with van der Waals surface area (Å²) < 4.78 is 49.7. The lowest BCUT2D eigenvalue weighted by molar-refractivity contribution is -0.136. The summed E-state index contributed by atoms with van der Waals surface area (Å²) in [6.45, 7) is 1.19. The highest BCUT2D eigenvalue weighted by molar-refractivity contribution is 5.99. The molecule has 1 aliphatic carbocycles. The molecule has 1 fully saturated rings. The van der Waals surface area contributed by atoms with E-state index in [2.05, 4.69) is 20.6 Å². The van der Waals surface area contributed by atoms with Crippen LogP contribution >= 0.6 is 0 Å². The van der Waals surface area contributed by atoms with E-state index in [1.54, 1.807) is 12.3 Å². The SMILES string of the molecule is O=C1N[C@H]2C[C@@H](c3c(F)ccc(F)c3F)CN(CCCCCOC/C=C/c3cnc4c(c3)C3c5ncc1cc5C[C@@H]3C(=O)N4)C2=O. The van der Waals surface area contributed by atoms with Crippen molar-refractivity contribution in [1.29, 1.82) is 0 Å². The van der Waals surface area contributed by atoms with E-state index >= 15 is 0 Å². The number of nitrogens with zero attached hydrogens (tertiary/aromatic N) is 3. The van der Waals surface area contributed by atoms with Crippen LogP contribution in [0.25, 0.3) is 6.08 Å². The van der Waals surface area contributed by atoms with Crippen molar-refractivity contribution in [1.82, 2.24) is 20.2 Å². The number of hydrogen-bond donors (Lipinski definition) is 2. The fourth-order valence-electron chi connectivity index (χ4n) is 7.13. The zero-order chi connectivity index (χ0) is 31.9. The molecule has 4 aliphatic heterocycles. The van der Waals surface area contributed by atoms with Crippen molar-refractivity contribution < 1.29 is 32.3 Å². The molecule has 238 valence electrons. The van der Waals surface area contributed by atoms with Crippen molar-refractivity contribution in [3.63, 3.8) is 0 Å². The highest BCUT2D eigenvalue weighted by Crippen LogP contribution is 2.47. The summed E-state index contributed by atoms with van der Waals surface area (Å²) >= 11 is 0. The lowest BCUT2D eigenvalue weighted by Gasteiger charge is -2.38. The minimum atomic E-state index is -1.29. The van der Waals surface area contributed by atoms with Crippen LogP contribution in [-0.4, -0.2) is 64.9 Å². The molecule has 2 N–H and O–H groups in total. The third kappa shape index (κ3) is 5.55. The van der Waals surface area contributed by atoms with E-state index in [9.17, 15) is 27.6 Å². The molecular weight excluding hydrogens is 599 g/mol. The predicted octanol–water partition coefficient (Wildman–Crippen LogP) is 4.48. The number of nitrogens with one attached hydrogen (secondary N) is 2. The highest BCUT2D eigenvalue weighted by atomic mass is 19.2. The van der Waals surface area contributed by atoms with Crippen LogP contribution in [0.2, 0.25) is 0 Å². The van der Waals surface area contributed by atoms with Crippen molar-refractivity contribution in [2.45, 2.75) is 50.0 Å². The molecule has 0 radical (unpaired) electrons. The van der Waals surface area contributed by atoms with Crippen LogP contribution in [0.15, 0.2) is 42.7 Å². The molecule has 3 aromatic rings. The average Bonchev–Trinajstić information content (AvgIpc) is 3.44. The molecule has 5 aliphatic rings. The number of carbonyl (C=O) groups is 3. The summed E-state index contributed by atoms with van der Waals surface area (Å²) in [5.74, 6) is -5.66. The first-order chi connectivity index (χ1) is 22.3. The van der Waals surface area contributed by atoms with Gasteiger partial charge >= 0.3 is 0 Å². The smallest absolute Gasteiger partial charge is 0.253 e. The highest BCUT2D eigenvalue weighted by Gasteiger charge is 2.45. The minimum Gasteiger partial charge on any atom is -0.377 e. The second kappa shape index (κ2) is 12.3. The van der Waals surface area contributed by atoms with Crippen molar-refractivity contribution >= 4 is 29.6 Å². The topological polar surface area (TPSA) is 114 Å². The molecule has 3 amide bonds. The summed E-state index contributed by atoms with van der Waals surface area (Å²) in [6, 6.07) is 4.17. The van der Waals surface area contributed by atoms with E-state index in [0.29, 0.717) is 44.1 Å². The van der Waals surface area contributed by atoms with Crippen molar-refractivity contribution in [2.75, 3.05) is 31.6 Å². The Balaban J connectivity index is 1.22. The van der Waals surface area contributed by atoms with Gasteiger partial charge in [0.2, 0.25) is 11.8 Å². The van der Waals surface area contributed by atoms with Crippen LogP contribution in [0, 0.1) is 23.4 Å². The van der Waals surface area contributed by atoms with Gasteiger partial charge in [0.15, 0.2) is 11.6 Å². The molecule has 0 saturated carbocycles. The lowest BCUT2D eigenvalue weighted by atomic mass is 9.84. The molecule has 0 spiro atoms. The second-order valence-corrected chi connectivity index (χ2v) is 12.3. The summed E-state index contributed by atoms with van der Waals surface area (Å²) in [6.07, 6.45) is 9.27. The summed E-state index contributed by atoms with van der Waals surface area (Å²) in [4.78, 5) is 50.8. The van der Waals surface area contributed by atoms with Gasteiger partial charge in [-0.1, -0.05) is 12.2 Å². The fraction of sp³-hybridized carbons (Fsp3) is 0.382. The Morgan fingerprint density at radius 3 is 2.70 bits per heavy atom. The Labute approximate surface area is 263 Å². The van der Waals surface area contributed by atoms with E-state index in [0.717, 1.165) is 41.7 Å². The maximum atomic E-state index is 14.9. The number of rotatable bonds is 1. The van der Waals surface area contributed by atoms with Gasteiger partial charge in [-0.3, -0.25) is 19.4 Å². The number of halogens is 3. The molecule has 1 aromatic carbocycles. The lowest BCUT2D eigenvalue weighted by Crippen LogP contribution is -2.54. The first-order valence-corrected chi connectivity index (χ1v) is 15.6. The monoisotopic (exact) mass is 631 g/mol. The van der Waals surface area contributed by atoms with Crippen LogP contribution < -0.4 is 10.6 Å². The van der Waals surface area contributed by atoms with Crippen LogP contribution in [-0.2, 0) is 20.7 Å². The molecule has 9 nitrogen and oxygen atoms in total. The first-order valence-electron chi connectivity index (χ1n) is 15.6. The van der Waals surface area contributed by atoms with E-state index < -0.39 is 46.8 Å². The van der Waals surface area contributed by atoms with Crippen LogP contribution in [0.3, 0.4) is 0 Å². The van der Waals surface area contributed by atoms with E-state index in [1.165, 1.54) is 11.1 Å². The van der Waals surface area contributed by atoms with Gasteiger partial charge in [0, 0.05) is 55.1 Å². The van der Waals surface area contributed by atoms with Crippen molar-refractivity contribution in [3.05, 3.63) is 93.7 Å². The molecule has 2 aromatic heterocycles. The van der Waals surface area contributed by atoms with Crippen LogP contribution in [0.5, 0.6) is 0 Å². The molecule has 46 heavy (non-hydrogen) atoms. The van der Waals surface area contributed by atoms with Crippen LogP contribution in [0.1, 0.15) is 75.8 Å². The first kappa shape index (κ1) is 30.1. The third-order valence-electron chi connectivity index (χ3n) is 9.36. The maximum absolute atomic E-state index is 14.9. The zero-order valence-electron chi connectivity index (χ0n) is 24.9. The molecule has 4 atom stereocenters. The number of carbonyl (C=O) groups excluding carboxylic acids is 3. The van der Waals surface area contributed by atoms with E-state index in [4.69, 9.17) is 4.74 Å². The average molecular weight is 632 g/mol. The van der Waals surface area contributed by atoms with Gasteiger partial charge in [0.05, 0.1) is 23.8 Å². The predicted molar refractivity (Wildman–Crippen MR) is 161 cm³/mol. The summed E-state index contributed by atoms with van der Waals surface area (Å²) in [7, 11) is 0. The van der Waals surface area contributed by atoms with Gasteiger partial charge in [-0.05, 0) is 67.5 Å². The van der Waals surface area contributed by atoms with Gasteiger partial charge in [-0.15, -0.1) is 0 Å². The third-order valence-corrected chi connectivity index (χ3v) is 9.36. The van der Waals surface area contributed by atoms with Crippen molar-refractivity contribution in [2.24, 2.45) is 5.92 Å². The van der Waals surface area contributed by atoms with Gasteiger partial charge in [-0.25, -0.2) is 18.2 Å². The van der Waals surface area contributed by atoms with Crippen molar-refractivity contribution in [3.8, 4) is 0 Å². The molecule has 8 rings (SSSR count). The molecule has 1 saturated heterocycles.